The molecule has 0 saturated carbocycles. The summed E-state index contributed by atoms with van der Waals surface area (Å²) < 4.78 is 10.8. The molecule has 0 saturated heterocycles. The Morgan fingerprint density at radius 1 is 1.10 bits per heavy atom. The van der Waals surface area contributed by atoms with Crippen molar-refractivity contribution in [2.75, 3.05) is 19.2 Å². The molecule has 10 nitrogen and oxygen atoms in total. The number of hydrogen-bond acceptors (Lipinski definition) is 8. The molecule has 0 radical (unpaired) electrons. The SMILES string of the molecule is COc1cc(-c2n[nH]nc2C(N)=O)ccc1OCC(=O)ONc1ccc(C)cc1. The second-order valence-corrected chi connectivity index (χ2v) is 5.98. The van der Waals surface area contributed by atoms with Crippen molar-refractivity contribution < 1.29 is 23.9 Å². The number of aromatic amines is 1. The van der Waals surface area contributed by atoms with E-state index < -0.39 is 11.9 Å². The third kappa shape index (κ3) is 4.80. The number of nitrogens with two attached hydrogens (primary N) is 1. The van der Waals surface area contributed by atoms with Crippen LogP contribution in [-0.4, -0.2) is 41.0 Å². The van der Waals surface area contributed by atoms with E-state index in [1.165, 1.54) is 7.11 Å². The number of amides is 1. The lowest BCUT2D eigenvalue weighted by atomic mass is 10.1. The van der Waals surface area contributed by atoms with Crippen LogP contribution < -0.4 is 20.7 Å². The molecule has 4 N–H and O–H groups in total. The number of aryl methyl sites for hydroxylation is 1. The third-order valence-electron chi connectivity index (χ3n) is 3.90. The van der Waals surface area contributed by atoms with Gasteiger partial charge in [0.05, 0.1) is 12.8 Å². The maximum Gasteiger partial charge on any atom is 0.369 e. The maximum atomic E-state index is 11.9. The number of hydrogen-bond donors (Lipinski definition) is 3. The standard InChI is InChI=1S/C19H19N5O5/c1-11-3-6-13(7-4-11)23-29-16(25)10-28-14-8-5-12(9-15(14)27-2)17-18(19(20)26)22-24-21-17/h3-9,23H,10H2,1-2H3,(H2,20,26)(H,21,22,24). The number of carbonyl (C=O) groups excluding carboxylic acids is 2. The smallest absolute Gasteiger partial charge is 0.369 e. The van der Waals surface area contributed by atoms with Crippen LogP contribution in [0.5, 0.6) is 11.5 Å². The predicted molar refractivity (Wildman–Crippen MR) is 103 cm³/mol. The molecule has 1 heterocycles. The first-order valence-electron chi connectivity index (χ1n) is 8.52. The minimum absolute atomic E-state index is 0.00600. The zero-order chi connectivity index (χ0) is 20.8. The molecular weight excluding hydrogens is 378 g/mol. The summed E-state index contributed by atoms with van der Waals surface area (Å²) in [6.45, 7) is 1.62. The molecule has 1 amide bonds. The van der Waals surface area contributed by atoms with Gasteiger partial charge in [0.15, 0.2) is 23.8 Å². The number of benzene rings is 2. The average molecular weight is 397 g/mol. The Balaban J connectivity index is 1.63. The van der Waals surface area contributed by atoms with E-state index in [0.717, 1.165) is 5.56 Å². The van der Waals surface area contributed by atoms with Gasteiger partial charge in [-0.2, -0.15) is 15.4 Å². The zero-order valence-corrected chi connectivity index (χ0v) is 15.8. The third-order valence-corrected chi connectivity index (χ3v) is 3.90. The molecule has 0 spiro atoms. The highest BCUT2D eigenvalue weighted by Gasteiger charge is 2.17. The van der Waals surface area contributed by atoms with Crippen molar-refractivity contribution in [3.8, 4) is 22.8 Å². The van der Waals surface area contributed by atoms with Crippen molar-refractivity contribution in [2.24, 2.45) is 5.73 Å². The van der Waals surface area contributed by atoms with E-state index in [0.29, 0.717) is 22.7 Å². The summed E-state index contributed by atoms with van der Waals surface area (Å²) in [7, 11) is 1.45. The van der Waals surface area contributed by atoms with Crippen LogP contribution >= 0.6 is 0 Å². The minimum Gasteiger partial charge on any atom is -0.493 e. The highest BCUT2D eigenvalue weighted by Crippen LogP contribution is 2.32. The Morgan fingerprint density at radius 3 is 2.55 bits per heavy atom. The average Bonchev–Trinajstić information content (AvgIpc) is 3.22. The fraction of sp³-hybridized carbons (Fsp3) is 0.158. The first-order valence-corrected chi connectivity index (χ1v) is 8.52. The fourth-order valence-corrected chi connectivity index (χ4v) is 2.44. The highest BCUT2D eigenvalue weighted by molar-refractivity contribution is 5.96. The quantitative estimate of drug-likeness (QED) is 0.489. The summed E-state index contributed by atoms with van der Waals surface area (Å²) in [6.07, 6.45) is 0. The molecule has 1 aromatic heterocycles. The van der Waals surface area contributed by atoms with Gasteiger partial charge in [-0.1, -0.05) is 17.7 Å². The van der Waals surface area contributed by atoms with Crippen LogP contribution in [0.2, 0.25) is 0 Å². The molecule has 0 aliphatic rings. The molecule has 10 heteroatoms. The van der Waals surface area contributed by atoms with E-state index in [1.54, 1.807) is 30.3 Å². The van der Waals surface area contributed by atoms with Crippen LogP contribution in [0.3, 0.4) is 0 Å². The maximum absolute atomic E-state index is 11.9. The lowest BCUT2D eigenvalue weighted by Crippen LogP contribution is -2.18. The van der Waals surface area contributed by atoms with Gasteiger partial charge in [0.2, 0.25) is 0 Å². The second-order valence-electron chi connectivity index (χ2n) is 5.98. The summed E-state index contributed by atoms with van der Waals surface area (Å²) in [6, 6.07) is 12.2. The van der Waals surface area contributed by atoms with Gasteiger partial charge < -0.3 is 20.0 Å². The van der Waals surface area contributed by atoms with Crippen molar-refractivity contribution in [1.82, 2.24) is 15.4 Å². The van der Waals surface area contributed by atoms with Crippen LogP contribution in [0, 0.1) is 6.92 Å². The van der Waals surface area contributed by atoms with Gasteiger partial charge in [0.1, 0.15) is 5.69 Å². The number of rotatable bonds is 8. The molecule has 3 rings (SSSR count). The van der Waals surface area contributed by atoms with Crippen LogP contribution in [0.25, 0.3) is 11.3 Å². The molecular formula is C19H19N5O5. The summed E-state index contributed by atoms with van der Waals surface area (Å²) in [4.78, 5) is 28.3. The van der Waals surface area contributed by atoms with Gasteiger partial charge in [-0.05, 0) is 37.3 Å². The molecule has 150 valence electrons. The van der Waals surface area contributed by atoms with Crippen molar-refractivity contribution in [3.05, 3.63) is 53.7 Å². The van der Waals surface area contributed by atoms with Crippen LogP contribution in [-0.2, 0) is 9.63 Å². The Labute approximate surface area is 165 Å². The first kappa shape index (κ1) is 19.7. The lowest BCUT2D eigenvalue weighted by molar-refractivity contribution is -0.143. The topological polar surface area (TPSA) is 141 Å². The molecule has 0 aliphatic carbocycles. The Morgan fingerprint density at radius 2 is 1.86 bits per heavy atom. The molecule has 29 heavy (non-hydrogen) atoms. The summed E-state index contributed by atoms with van der Waals surface area (Å²) in [5.74, 6) is -0.686. The normalized spacial score (nSPS) is 10.3. The zero-order valence-electron chi connectivity index (χ0n) is 15.8. The van der Waals surface area contributed by atoms with Gasteiger partial charge in [-0.25, -0.2) is 10.3 Å². The van der Waals surface area contributed by atoms with Gasteiger partial charge in [-0.3, -0.25) is 4.79 Å². The number of primary amides is 1. The Hall–Kier alpha value is -4.08. The Kier molecular flexibility index (Phi) is 5.93. The van der Waals surface area contributed by atoms with Crippen LogP contribution in [0.15, 0.2) is 42.5 Å². The number of ether oxygens (including phenoxy) is 2. The molecule has 0 fully saturated rings. The van der Waals surface area contributed by atoms with Gasteiger partial charge in [0.25, 0.3) is 5.91 Å². The van der Waals surface area contributed by atoms with E-state index in [9.17, 15) is 9.59 Å². The van der Waals surface area contributed by atoms with E-state index in [4.69, 9.17) is 20.0 Å². The van der Waals surface area contributed by atoms with Crippen molar-refractivity contribution in [2.45, 2.75) is 6.92 Å². The number of methoxy groups -OCH3 is 1. The van der Waals surface area contributed by atoms with Crippen molar-refractivity contribution in [3.63, 3.8) is 0 Å². The van der Waals surface area contributed by atoms with Gasteiger partial charge in [-0.15, -0.1) is 0 Å². The van der Waals surface area contributed by atoms with Gasteiger partial charge >= 0.3 is 5.97 Å². The predicted octanol–water partition coefficient (Wildman–Crippen LogP) is 1.84. The summed E-state index contributed by atoms with van der Waals surface area (Å²) in [5.41, 5.74) is 10.4. The van der Waals surface area contributed by atoms with E-state index in [1.807, 2.05) is 19.1 Å². The first-order chi connectivity index (χ1) is 14.0. The van der Waals surface area contributed by atoms with E-state index in [-0.39, 0.29) is 18.0 Å². The minimum atomic E-state index is -0.711. The number of carbonyl (C=O) groups is 2. The highest BCUT2D eigenvalue weighted by atomic mass is 16.7. The van der Waals surface area contributed by atoms with E-state index in [2.05, 4.69) is 20.9 Å². The number of aromatic nitrogens is 3. The molecule has 0 atom stereocenters. The molecule has 0 aliphatic heterocycles. The summed E-state index contributed by atoms with van der Waals surface area (Å²) in [5, 5.41) is 10.0. The number of H-pyrrole nitrogens is 1. The number of anilines is 1. The molecule has 0 unspecified atom stereocenters. The monoisotopic (exact) mass is 397 g/mol. The van der Waals surface area contributed by atoms with Crippen molar-refractivity contribution >= 4 is 17.6 Å². The van der Waals surface area contributed by atoms with Gasteiger partial charge in [0, 0.05) is 5.56 Å². The second kappa shape index (κ2) is 8.74. The molecule has 0 bridgehead atoms. The molecule has 2 aromatic carbocycles. The van der Waals surface area contributed by atoms with E-state index >= 15 is 0 Å². The van der Waals surface area contributed by atoms with Crippen LogP contribution in [0.1, 0.15) is 16.1 Å². The van der Waals surface area contributed by atoms with Crippen molar-refractivity contribution in [1.29, 1.82) is 0 Å². The number of nitrogens with one attached hydrogen (secondary N) is 2. The number of nitrogens with zero attached hydrogens (tertiary/aromatic N) is 2. The van der Waals surface area contributed by atoms with Crippen LogP contribution in [0.4, 0.5) is 5.69 Å². The Bertz CT molecular complexity index is 1020. The lowest BCUT2D eigenvalue weighted by Gasteiger charge is -2.12. The fourth-order valence-electron chi connectivity index (χ4n) is 2.44. The molecule has 3 aromatic rings. The largest absolute Gasteiger partial charge is 0.493 e. The summed E-state index contributed by atoms with van der Waals surface area (Å²) >= 11 is 0.